The second kappa shape index (κ2) is 6.00. The van der Waals surface area contributed by atoms with Gasteiger partial charge >= 0.3 is 5.97 Å². The zero-order valence-electron chi connectivity index (χ0n) is 12.0. The number of nitrogens with zero attached hydrogens (tertiary/aromatic N) is 2. The van der Waals surface area contributed by atoms with Gasteiger partial charge < -0.3 is 10.1 Å². The van der Waals surface area contributed by atoms with E-state index in [0.717, 1.165) is 22.1 Å². The number of aryl methyl sites for hydroxylation is 3. The molecule has 2 aromatic rings. The van der Waals surface area contributed by atoms with E-state index in [0.29, 0.717) is 17.1 Å². The molecule has 2 heterocycles. The first-order valence-corrected chi connectivity index (χ1v) is 7.05. The fourth-order valence-electron chi connectivity index (χ4n) is 1.95. The number of nitrogens with one attached hydrogen (secondary N) is 1. The summed E-state index contributed by atoms with van der Waals surface area (Å²) in [6.07, 6.45) is 0. The number of anilines is 1. The number of hydrogen-bond acceptors (Lipinski definition) is 6. The molecule has 0 aliphatic heterocycles. The van der Waals surface area contributed by atoms with E-state index in [1.165, 1.54) is 18.4 Å². The predicted molar refractivity (Wildman–Crippen MR) is 79.2 cm³/mol. The minimum Gasteiger partial charge on any atom is -0.465 e. The van der Waals surface area contributed by atoms with Gasteiger partial charge in [-0.3, -0.25) is 4.98 Å². The monoisotopic (exact) mass is 291 g/mol. The number of esters is 1. The second-order valence-electron chi connectivity index (χ2n) is 4.54. The summed E-state index contributed by atoms with van der Waals surface area (Å²) >= 11 is 1.31. The number of methoxy groups -OCH3 is 1. The molecule has 20 heavy (non-hydrogen) atoms. The lowest BCUT2D eigenvalue weighted by Gasteiger charge is -2.05. The topological polar surface area (TPSA) is 64.1 Å². The maximum atomic E-state index is 11.5. The molecule has 1 N–H and O–H groups in total. The molecule has 106 valence electrons. The highest BCUT2D eigenvalue weighted by atomic mass is 32.1. The molecular formula is C14H17N3O2S. The van der Waals surface area contributed by atoms with Crippen molar-refractivity contribution in [2.45, 2.75) is 27.3 Å². The zero-order chi connectivity index (χ0) is 14.7. The summed E-state index contributed by atoms with van der Waals surface area (Å²) in [6.45, 7) is 6.39. The van der Waals surface area contributed by atoms with Crippen molar-refractivity contribution in [3.8, 4) is 0 Å². The van der Waals surface area contributed by atoms with E-state index in [1.807, 2.05) is 26.0 Å². The summed E-state index contributed by atoms with van der Waals surface area (Å²) in [4.78, 5) is 20.7. The molecule has 5 nitrogen and oxygen atoms in total. The Balaban J connectivity index is 2.09. The Morgan fingerprint density at radius 3 is 2.50 bits per heavy atom. The molecule has 0 amide bonds. The summed E-state index contributed by atoms with van der Waals surface area (Å²) in [6, 6.07) is 4.06. The molecular weight excluding hydrogens is 274 g/mol. The second-order valence-corrected chi connectivity index (χ2v) is 5.54. The van der Waals surface area contributed by atoms with Gasteiger partial charge in [-0.2, -0.15) is 0 Å². The van der Waals surface area contributed by atoms with E-state index in [4.69, 9.17) is 4.74 Å². The summed E-state index contributed by atoms with van der Waals surface area (Å²) in [5.41, 5.74) is 3.81. The SMILES string of the molecule is COC(=O)c1sc(NCc2cc(C)nc(C)c2)nc1C. The highest BCUT2D eigenvalue weighted by Gasteiger charge is 2.15. The normalized spacial score (nSPS) is 10.4. The molecule has 0 saturated carbocycles. The summed E-state index contributed by atoms with van der Waals surface area (Å²) in [5.74, 6) is -0.344. The molecule has 0 unspecified atom stereocenters. The highest BCUT2D eigenvalue weighted by molar-refractivity contribution is 7.17. The maximum absolute atomic E-state index is 11.5. The number of aromatic nitrogens is 2. The van der Waals surface area contributed by atoms with Crippen molar-refractivity contribution in [3.63, 3.8) is 0 Å². The van der Waals surface area contributed by atoms with Crippen LogP contribution in [0.2, 0.25) is 0 Å². The molecule has 0 aromatic carbocycles. The van der Waals surface area contributed by atoms with Gasteiger partial charge in [0.15, 0.2) is 5.13 Å². The Bertz CT molecular complexity index is 617. The van der Waals surface area contributed by atoms with Crippen LogP contribution in [0.1, 0.15) is 32.3 Å². The molecule has 0 aliphatic rings. The highest BCUT2D eigenvalue weighted by Crippen LogP contribution is 2.23. The number of carbonyl (C=O) groups is 1. The van der Waals surface area contributed by atoms with Crippen molar-refractivity contribution < 1.29 is 9.53 Å². The molecule has 0 atom stereocenters. The van der Waals surface area contributed by atoms with Gasteiger partial charge in [-0.05, 0) is 38.5 Å². The molecule has 2 aromatic heterocycles. The van der Waals surface area contributed by atoms with Crippen LogP contribution in [0.5, 0.6) is 0 Å². The average molecular weight is 291 g/mol. The quantitative estimate of drug-likeness (QED) is 0.878. The van der Waals surface area contributed by atoms with E-state index in [2.05, 4.69) is 15.3 Å². The molecule has 0 spiro atoms. The number of ether oxygens (including phenoxy) is 1. The van der Waals surface area contributed by atoms with Crippen molar-refractivity contribution in [3.05, 3.63) is 39.7 Å². The first-order valence-electron chi connectivity index (χ1n) is 6.23. The van der Waals surface area contributed by atoms with Crippen molar-refractivity contribution in [1.82, 2.24) is 9.97 Å². The van der Waals surface area contributed by atoms with E-state index in [9.17, 15) is 4.79 Å². The van der Waals surface area contributed by atoms with Crippen LogP contribution >= 0.6 is 11.3 Å². The lowest BCUT2D eigenvalue weighted by atomic mass is 10.2. The van der Waals surface area contributed by atoms with Gasteiger partial charge in [-0.25, -0.2) is 9.78 Å². The zero-order valence-corrected chi connectivity index (χ0v) is 12.8. The minimum absolute atomic E-state index is 0.344. The summed E-state index contributed by atoms with van der Waals surface area (Å²) < 4.78 is 4.72. The predicted octanol–water partition coefficient (Wildman–Crippen LogP) is 2.86. The molecule has 0 saturated heterocycles. The molecule has 0 bridgehead atoms. The number of rotatable bonds is 4. The fraction of sp³-hybridized carbons (Fsp3) is 0.357. The summed E-state index contributed by atoms with van der Waals surface area (Å²) in [5, 5.41) is 3.95. The number of hydrogen-bond donors (Lipinski definition) is 1. The van der Waals surface area contributed by atoms with Crippen LogP contribution in [0.15, 0.2) is 12.1 Å². The molecule has 2 rings (SSSR count). The van der Waals surface area contributed by atoms with E-state index in [1.54, 1.807) is 6.92 Å². The van der Waals surface area contributed by atoms with Crippen LogP contribution in [0, 0.1) is 20.8 Å². The summed E-state index contributed by atoms with van der Waals surface area (Å²) in [7, 11) is 1.37. The Morgan fingerprint density at radius 2 is 1.90 bits per heavy atom. The van der Waals surface area contributed by atoms with Crippen LogP contribution in [0.3, 0.4) is 0 Å². The Kier molecular flexibility index (Phi) is 4.34. The van der Waals surface area contributed by atoms with Crippen LogP contribution in [0.4, 0.5) is 5.13 Å². The van der Waals surface area contributed by atoms with E-state index in [-0.39, 0.29) is 5.97 Å². The van der Waals surface area contributed by atoms with Crippen LogP contribution in [-0.4, -0.2) is 23.0 Å². The largest absolute Gasteiger partial charge is 0.465 e. The molecule has 0 aliphatic carbocycles. The lowest BCUT2D eigenvalue weighted by molar-refractivity contribution is 0.0605. The lowest BCUT2D eigenvalue weighted by Crippen LogP contribution is -2.01. The van der Waals surface area contributed by atoms with Crippen LogP contribution < -0.4 is 5.32 Å². The van der Waals surface area contributed by atoms with Gasteiger partial charge in [0.1, 0.15) is 4.88 Å². The molecule has 0 fully saturated rings. The first-order chi connectivity index (χ1) is 9.49. The number of carbonyl (C=O) groups excluding carboxylic acids is 1. The van der Waals surface area contributed by atoms with Crippen molar-refractivity contribution >= 4 is 22.4 Å². The number of pyridine rings is 1. The van der Waals surface area contributed by atoms with E-state index >= 15 is 0 Å². The fourth-order valence-corrected chi connectivity index (χ4v) is 2.84. The third-order valence-corrected chi connectivity index (χ3v) is 3.85. The first kappa shape index (κ1) is 14.5. The standard InChI is InChI=1S/C14H17N3O2S/c1-8-5-11(6-9(2)16-8)7-15-14-17-10(3)12(20-14)13(18)19-4/h5-6H,7H2,1-4H3,(H,15,17). The van der Waals surface area contributed by atoms with Crippen molar-refractivity contribution in [2.24, 2.45) is 0 Å². The maximum Gasteiger partial charge on any atom is 0.350 e. The third kappa shape index (κ3) is 3.33. The van der Waals surface area contributed by atoms with Gasteiger partial charge in [0.25, 0.3) is 0 Å². The number of thiazole rings is 1. The van der Waals surface area contributed by atoms with Crippen LogP contribution in [-0.2, 0) is 11.3 Å². The Labute approximate surface area is 122 Å². The van der Waals surface area contributed by atoms with E-state index < -0.39 is 0 Å². The Morgan fingerprint density at radius 1 is 1.25 bits per heavy atom. The smallest absolute Gasteiger partial charge is 0.350 e. The van der Waals surface area contributed by atoms with Crippen LogP contribution in [0.25, 0.3) is 0 Å². The molecule has 0 radical (unpaired) electrons. The van der Waals surface area contributed by atoms with Gasteiger partial charge in [0.2, 0.25) is 0 Å². The van der Waals surface area contributed by atoms with Gasteiger partial charge in [-0.1, -0.05) is 11.3 Å². The van der Waals surface area contributed by atoms with Gasteiger partial charge in [-0.15, -0.1) is 0 Å². The Hall–Kier alpha value is -1.95. The van der Waals surface area contributed by atoms with Gasteiger partial charge in [0.05, 0.1) is 12.8 Å². The minimum atomic E-state index is -0.344. The van der Waals surface area contributed by atoms with Gasteiger partial charge in [0, 0.05) is 17.9 Å². The third-order valence-electron chi connectivity index (χ3n) is 2.75. The average Bonchev–Trinajstić information content (AvgIpc) is 2.76. The molecule has 6 heteroatoms. The van der Waals surface area contributed by atoms with Crippen molar-refractivity contribution in [2.75, 3.05) is 12.4 Å². The van der Waals surface area contributed by atoms with Crippen molar-refractivity contribution in [1.29, 1.82) is 0 Å².